The highest BCUT2D eigenvalue weighted by Crippen LogP contribution is 2.28. The largest absolute Gasteiger partial charge is 0.491 e. The second kappa shape index (κ2) is 4.90. The van der Waals surface area contributed by atoms with Crippen molar-refractivity contribution in [3.8, 4) is 0 Å². The van der Waals surface area contributed by atoms with E-state index in [0.717, 1.165) is 17.5 Å². The van der Waals surface area contributed by atoms with Gasteiger partial charge < -0.3 is 9.47 Å². The molecule has 0 fully saturated rings. The van der Waals surface area contributed by atoms with E-state index in [0.29, 0.717) is 16.2 Å². The monoisotopic (exact) mass is 262 g/mol. The molecule has 0 N–H and O–H groups in total. The molecule has 0 radical (unpaired) electrons. The molecule has 0 bridgehead atoms. The van der Waals surface area contributed by atoms with E-state index >= 15 is 0 Å². The van der Waals surface area contributed by atoms with Crippen LogP contribution in [0.2, 0.25) is 0 Å². The Balaban J connectivity index is 2.64. The summed E-state index contributed by atoms with van der Waals surface area (Å²) in [6, 6.07) is 5.72. The summed E-state index contributed by atoms with van der Waals surface area (Å²) in [6.45, 7) is 2.04. The fourth-order valence-electron chi connectivity index (χ4n) is 2.02. The first-order valence-corrected chi connectivity index (χ1v) is 6.09. The number of carbonyl (C=O) groups excluding carboxylic acids is 1. The first-order valence-electron chi connectivity index (χ1n) is 5.68. The maximum Gasteiger partial charge on any atom is 0.232 e. The zero-order chi connectivity index (χ0) is 13.3. The zero-order valence-corrected chi connectivity index (χ0v) is 11.4. The van der Waals surface area contributed by atoms with Gasteiger partial charge >= 0.3 is 0 Å². The molecule has 0 amide bonds. The fraction of sp³-hybridized carbons (Fsp3) is 0.286. The van der Waals surface area contributed by atoms with Gasteiger partial charge in [-0.2, -0.15) is 0 Å². The Bertz CT molecular complexity index is 558. The molecule has 1 aromatic rings. The Labute approximate surface area is 111 Å². The number of hydrogen-bond donors (Lipinski definition) is 0. The van der Waals surface area contributed by atoms with E-state index in [4.69, 9.17) is 21.7 Å². The molecule has 0 saturated carbocycles. The molecular formula is C14H14O3S. The Morgan fingerprint density at radius 2 is 1.78 bits per heavy atom. The average molecular weight is 262 g/mol. The molecule has 2 rings (SSSR count). The molecule has 0 heterocycles. The van der Waals surface area contributed by atoms with Crippen LogP contribution in [0.3, 0.4) is 0 Å². The van der Waals surface area contributed by atoms with Crippen molar-refractivity contribution in [1.82, 2.24) is 0 Å². The van der Waals surface area contributed by atoms with Crippen LogP contribution < -0.4 is 0 Å². The van der Waals surface area contributed by atoms with Crippen LogP contribution >= 0.6 is 12.2 Å². The molecule has 0 saturated heterocycles. The highest BCUT2D eigenvalue weighted by molar-refractivity contribution is 7.81. The minimum Gasteiger partial charge on any atom is -0.491 e. The number of fused-ring (bicyclic) bond motifs is 1. The summed E-state index contributed by atoms with van der Waals surface area (Å²) in [6.07, 6.45) is 0.872. The Hall–Kier alpha value is -1.68. The first-order chi connectivity index (χ1) is 8.63. The SMILES string of the molecule is CCc1ccc2c(c1)C(=O)C(OC)=C(OC)C2=S. The topological polar surface area (TPSA) is 35.5 Å². The molecule has 0 spiro atoms. The minimum atomic E-state index is -0.173. The summed E-state index contributed by atoms with van der Waals surface area (Å²) in [7, 11) is 2.93. The maximum atomic E-state index is 12.3. The standard InChI is InChI=1S/C14H14O3S/c1-4-8-5-6-9-10(7-8)11(15)12(16-2)13(17-3)14(9)18/h5-7H,4H2,1-3H3. The van der Waals surface area contributed by atoms with Crippen LogP contribution in [-0.2, 0) is 15.9 Å². The number of rotatable bonds is 3. The lowest BCUT2D eigenvalue weighted by molar-refractivity contribution is 0.0931. The van der Waals surface area contributed by atoms with Gasteiger partial charge in [-0.05, 0) is 18.1 Å². The van der Waals surface area contributed by atoms with Gasteiger partial charge in [0.25, 0.3) is 0 Å². The Morgan fingerprint density at radius 1 is 1.11 bits per heavy atom. The normalized spacial score (nSPS) is 14.6. The zero-order valence-electron chi connectivity index (χ0n) is 10.6. The van der Waals surface area contributed by atoms with E-state index < -0.39 is 0 Å². The smallest absolute Gasteiger partial charge is 0.232 e. The van der Waals surface area contributed by atoms with Gasteiger partial charge in [0.1, 0.15) is 0 Å². The molecule has 0 aromatic heterocycles. The predicted molar refractivity (Wildman–Crippen MR) is 72.9 cm³/mol. The van der Waals surface area contributed by atoms with Crippen molar-refractivity contribution >= 4 is 22.9 Å². The third kappa shape index (κ3) is 1.82. The summed E-state index contributed by atoms with van der Waals surface area (Å²) in [4.78, 5) is 12.8. The molecule has 0 unspecified atom stereocenters. The van der Waals surface area contributed by atoms with Gasteiger partial charge in [0.05, 0.1) is 19.1 Å². The van der Waals surface area contributed by atoms with E-state index in [1.54, 1.807) is 0 Å². The molecule has 3 nitrogen and oxygen atoms in total. The number of benzene rings is 1. The van der Waals surface area contributed by atoms with Crippen LogP contribution in [0.4, 0.5) is 0 Å². The van der Waals surface area contributed by atoms with Crippen LogP contribution in [0.25, 0.3) is 0 Å². The van der Waals surface area contributed by atoms with Crippen LogP contribution in [0.1, 0.15) is 28.4 Å². The number of ether oxygens (including phenoxy) is 2. The molecule has 94 valence electrons. The van der Waals surface area contributed by atoms with Crippen LogP contribution in [0.15, 0.2) is 29.7 Å². The van der Waals surface area contributed by atoms with Gasteiger partial charge in [-0.1, -0.05) is 31.3 Å². The molecule has 18 heavy (non-hydrogen) atoms. The molecule has 1 aliphatic rings. The number of ketones is 1. The molecule has 4 heteroatoms. The lowest BCUT2D eigenvalue weighted by Gasteiger charge is -2.21. The van der Waals surface area contributed by atoms with Gasteiger partial charge in [-0.15, -0.1) is 0 Å². The van der Waals surface area contributed by atoms with Crippen LogP contribution in [0, 0.1) is 0 Å². The summed E-state index contributed by atoms with van der Waals surface area (Å²) >= 11 is 5.34. The van der Waals surface area contributed by atoms with Gasteiger partial charge in [0, 0.05) is 11.1 Å². The van der Waals surface area contributed by atoms with Gasteiger partial charge in [0.2, 0.25) is 11.5 Å². The average Bonchev–Trinajstić information content (AvgIpc) is 2.41. The highest BCUT2D eigenvalue weighted by Gasteiger charge is 2.31. The predicted octanol–water partition coefficient (Wildman–Crippen LogP) is 2.67. The Kier molecular flexibility index (Phi) is 3.48. The third-order valence-corrected chi connectivity index (χ3v) is 3.41. The number of thiocarbonyl (C=S) groups is 1. The summed E-state index contributed by atoms with van der Waals surface area (Å²) in [5, 5.41) is 0. The number of hydrogen-bond acceptors (Lipinski definition) is 4. The fourth-order valence-corrected chi connectivity index (χ4v) is 2.37. The van der Waals surface area contributed by atoms with E-state index in [1.807, 2.05) is 25.1 Å². The summed E-state index contributed by atoms with van der Waals surface area (Å²) in [5.41, 5.74) is 2.43. The van der Waals surface area contributed by atoms with Crippen molar-refractivity contribution in [2.45, 2.75) is 13.3 Å². The van der Waals surface area contributed by atoms with Gasteiger partial charge in [0.15, 0.2) is 5.76 Å². The van der Waals surface area contributed by atoms with E-state index in [1.165, 1.54) is 14.2 Å². The summed E-state index contributed by atoms with van der Waals surface area (Å²) < 4.78 is 10.3. The second-order valence-corrected chi connectivity index (χ2v) is 4.37. The van der Waals surface area contributed by atoms with E-state index in [-0.39, 0.29) is 11.5 Å². The quantitative estimate of drug-likeness (QED) is 0.785. The van der Waals surface area contributed by atoms with Crippen molar-refractivity contribution < 1.29 is 14.3 Å². The lowest BCUT2D eigenvalue weighted by atomic mass is 9.91. The van der Waals surface area contributed by atoms with Gasteiger partial charge in [-0.25, -0.2) is 0 Å². The first kappa shape index (κ1) is 12.8. The lowest BCUT2D eigenvalue weighted by Crippen LogP contribution is -2.23. The van der Waals surface area contributed by atoms with Crippen molar-refractivity contribution in [1.29, 1.82) is 0 Å². The number of methoxy groups -OCH3 is 2. The van der Waals surface area contributed by atoms with Gasteiger partial charge in [-0.3, -0.25) is 4.79 Å². The number of allylic oxidation sites excluding steroid dienone is 2. The van der Waals surface area contributed by atoms with E-state index in [9.17, 15) is 4.79 Å². The molecule has 1 aromatic carbocycles. The number of carbonyl (C=O) groups is 1. The number of aryl methyl sites for hydroxylation is 1. The molecule has 1 aliphatic carbocycles. The maximum absolute atomic E-state index is 12.3. The second-order valence-electron chi connectivity index (χ2n) is 3.96. The highest BCUT2D eigenvalue weighted by atomic mass is 32.1. The molecular weight excluding hydrogens is 248 g/mol. The van der Waals surface area contributed by atoms with Crippen molar-refractivity contribution in [2.75, 3.05) is 14.2 Å². The van der Waals surface area contributed by atoms with E-state index in [2.05, 4.69) is 0 Å². The van der Waals surface area contributed by atoms with Crippen LogP contribution in [-0.4, -0.2) is 24.9 Å². The van der Waals surface area contributed by atoms with Crippen molar-refractivity contribution in [2.24, 2.45) is 0 Å². The number of Topliss-reactive ketones (excluding diaryl/α,β-unsaturated/α-hetero) is 1. The summed E-state index contributed by atoms with van der Waals surface area (Å²) in [5.74, 6) is 0.353. The molecule has 0 aliphatic heterocycles. The minimum absolute atomic E-state index is 0.173. The Morgan fingerprint density at radius 3 is 2.33 bits per heavy atom. The molecule has 0 atom stereocenters. The van der Waals surface area contributed by atoms with Crippen molar-refractivity contribution in [3.05, 3.63) is 46.4 Å². The van der Waals surface area contributed by atoms with Crippen LogP contribution in [0.5, 0.6) is 0 Å². The van der Waals surface area contributed by atoms with Crippen molar-refractivity contribution in [3.63, 3.8) is 0 Å². The third-order valence-electron chi connectivity index (χ3n) is 3.01.